The van der Waals surface area contributed by atoms with Crippen molar-refractivity contribution in [3.63, 3.8) is 0 Å². The molecule has 1 aliphatic carbocycles. The number of hydrogen-bond donors (Lipinski definition) is 1. The topological polar surface area (TPSA) is 21.3 Å². The van der Waals surface area contributed by atoms with Crippen molar-refractivity contribution in [1.29, 1.82) is 0 Å². The average molecular weight is 289 g/mol. The highest BCUT2D eigenvalue weighted by atomic mass is 16.5. The van der Waals surface area contributed by atoms with E-state index in [1.165, 1.54) is 50.6 Å². The van der Waals surface area contributed by atoms with Gasteiger partial charge in [-0.3, -0.25) is 0 Å². The van der Waals surface area contributed by atoms with Crippen LogP contribution in [0.2, 0.25) is 0 Å². The van der Waals surface area contributed by atoms with Crippen LogP contribution in [0.15, 0.2) is 24.3 Å². The summed E-state index contributed by atoms with van der Waals surface area (Å²) in [7, 11) is 1.73. The Bertz CT molecular complexity index is 395. The molecule has 0 amide bonds. The van der Waals surface area contributed by atoms with Gasteiger partial charge in [0.2, 0.25) is 0 Å². The van der Waals surface area contributed by atoms with Gasteiger partial charge in [0, 0.05) is 6.04 Å². The van der Waals surface area contributed by atoms with Gasteiger partial charge in [-0.2, -0.15) is 0 Å². The number of benzene rings is 1. The highest BCUT2D eigenvalue weighted by molar-refractivity contribution is 5.27. The van der Waals surface area contributed by atoms with Crippen LogP contribution in [-0.2, 0) is 6.42 Å². The van der Waals surface area contributed by atoms with E-state index in [0.717, 1.165) is 23.6 Å². The first-order valence-corrected chi connectivity index (χ1v) is 8.53. The lowest BCUT2D eigenvalue weighted by Gasteiger charge is -2.18. The van der Waals surface area contributed by atoms with E-state index in [4.69, 9.17) is 4.74 Å². The van der Waals surface area contributed by atoms with Crippen molar-refractivity contribution < 1.29 is 4.74 Å². The van der Waals surface area contributed by atoms with Gasteiger partial charge in [-0.25, -0.2) is 0 Å². The minimum Gasteiger partial charge on any atom is -0.497 e. The molecule has 1 aromatic carbocycles. The molecule has 1 aromatic rings. The average Bonchev–Trinajstić information content (AvgIpc) is 3.29. The SMILES string of the molecule is COc1ccc(CC(CCCC(C)C)CNC2CC2)cc1. The third-order valence-electron chi connectivity index (χ3n) is 4.35. The van der Waals surface area contributed by atoms with Crippen LogP contribution in [0, 0.1) is 11.8 Å². The van der Waals surface area contributed by atoms with E-state index in [2.05, 4.69) is 43.4 Å². The summed E-state index contributed by atoms with van der Waals surface area (Å²) in [6.45, 7) is 5.82. The minimum atomic E-state index is 0.762. The molecule has 0 bridgehead atoms. The van der Waals surface area contributed by atoms with Gasteiger partial charge in [-0.05, 0) is 61.8 Å². The predicted octanol–water partition coefficient (Wildman–Crippen LogP) is 4.43. The Morgan fingerprint density at radius 2 is 1.86 bits per heavy atom. The first-order valence-electron chi connectivity index (χ1n) is 8.53. The van der Waals surface area contributed by atoms with Crippen molar-refractivity contribution in [2.45, 2.75) is 58.4 Å². The summed E-state index contributed by atoms with van der Waals surface area (Å²) < 4.78 is 5.24. The summed E-state index contributed by atoms with van der Waals surface area (Å²) in [6, 6.07) is 9.40. The molecule has 0 aromatic heterocycles. The van der Waals surface area contributed by atoms with Gasteiger partial charge < -0.3 is 10.1 Å². The molecule has 2 heteroatoms. The van der Waals surface area contributed by atoms with Gasteiger partial charge in [-0.1, -0.05) is 38.8 Å². The Morgan fingerprint density at radius 3 is 2.43 bits per heavy atom. The van der Waals surface area contributed by atoms with Crippen LogP contribution in [0.5, 0.6) is 5.75 Å². The molecule has 0 aliphatic heterocycles. The van der Waals surface area contributed by atoms with Crippen molar-refractivity contribution in [3.05, 3.63) is 29.8 Å². The second-order valence-corrected chi connectivity index (χ2v) is 6.93. The van der Waals surface area contributed by atoms with E-state index in [9.17, 15) is 0 Å². The molecule has 1 unspecified atom stereocenters. The molecule has 0 radical (unpaired) electrons. The maximum Gasteiger partial charge on any atom is 0.118 e. The highest BCUT2D eigenvalue weighted by Gasteiger charge is 2.22. The predicted molar refractivity (Wildman–Crippen MR) is 89.9 cm³/mol. The van der Waals surface area contributed by atoms with E-state index in [1.807, 2.05) is 0 Å². The van der Waals surface area contributed by atoms with Crippen molar-refractivity contribution >= 4 is 0 Å². The van der Waals surface area contributed by atoms with E-state index in [1.54, 1.807) is 7.11 Å². The molecule has 1 N–H and O–H groups in total. The molecule has 118 valence electrons. The molecular formula is C19H31NO. The maximum absolute atomic E-state index is 5.24. The van der Waals surface area contributed by atoms with Gasteiger partial charge in [0.05, 0.1) is 7.11 Å². The molecule has 1 aliphatic rings. The van der Waals surface area contributed by atoms with Crippen molar-refractivity contribution in [1.82, 2.24) is 5.32 Å². The molecule has 2 rings (SSSR count). The van der Waals surface area contributed by atoms with E-state index >= 15 is 0 Å². The summed E-state index contributed by atoms with van der Waals surface area (Å²) >= 11 is 0. The normalized spacial score (nSPS) is 16.2. The molecule has 0 spiro atoms. The first kappa shape index (κ1) is 16.4. The summed E-state index contributed by atoms with van der Waals surface area (Å²) in [5.41, 5.74) is 1.43. The second kappa shape index (κ2) is 8.43. The number of methoxy groups -OCH3 is 1. The van der Waals surface area contributed by atoms with Crippen LogP contribution in [-0.4, -0.2) is 19.7 Å². The van der Waals surface area contributed by atoms with E-state index in [0.29, 0.717) is 0 Å². The largest absolute Gasteiger partial charge is 0.497 e. The Morgan fingerprint density at radius 1 is 1.14 bits per heavy atom. The van der Waals surface area contributed by atoms with Crippen molar-refractivity contribution in [2.75, 3.05) is 13.7 Å². The lowest BCUT2D eigenvalue weighted by atomic mass is 9.92. The molecule has 1 atom stereocenters. The summed E-state index contributed by atoms with van der Waals surface area (Å²) in [6.07, 6.45) is 7.97. The van der Waals surface area contributed by atoms with Crippen LogP contribution >= 0.6 is 0 Å². The third-order valence-corrected chi connectivity index (χ3v) is 4.35. The Labute approximate surface area is 130 Å². The summed E-state index contributed by atoms with van der Waals surface area (Å²) in [4.78, 5) is 0. The van der Waals surface area contributed by atoms with Gasteiger partial charge >= 0.3 is 0 Å². The molecule has 0 saturated heterocycles. The third kappa shape index (κ3) is 6.52. The maximum atomic E-state index is 5.24. The quantitative estimate of drug-likeness (QED) is 0.688. The van der Waals surface area contributed by atoms with E-state index < -0.39 is 0 Å². The number of ether oxygens (including phenoxy) is 1. The zero-order valence-corrected chi connectivity index (χ0v) is 13.9. The Balaban J connectivity index is 1.82. The Kier molecular flexibility index (Phi) is 6.56. The zero-order chi connectivity index (χ0) is 15.1. The Hall–Kier alpha value is -1.02. The van der Waals surface area contributed by atoms with Crippen LogP contribution in [0.3, 0.4) is 0 Å². The smallest absolute Gasteiger partial charge is 0.118 e. The molecular weight excluding hydrogens is 258 g/mol. The molecule has 2 nitrogen and oxygen atoms in total. The van der Waals surface area contributed by atoms with Crippen molar-refractivity contribution in [3.8, 4) is 5.75 Å². The van der Waals surface area contributed by atoms with Gasteiger partial charge in [0.15, 0.2) is 0 Å². The lowest BCUT2D eigenvalue weighted by Crippen LogP contribution is -2.26. The minimum absolute atomic E-state index is 0.762. The van der Waals surface area contributed by atoms with Gasteiger partial charge in [-0.15, -0.1) is 0 Å². The van der Waals surface area contributed by atoms with Gasteiger partial charge in [0.25, 0.3) is 0 Å². The highest BCUT2D eigenvalue weighted by Crippen LogP contribution is 2.22. The monoisotopic (exact) mass is 289 g/mol. The van der Waals surface area contributed by atoms with Crippen LogP contribution in [0.4, 0.5) is 0 Å². The second-order valence-electron chi connectivity index (χ2n) is 6.93. The number of nitrogens with one attached hydrogen (secondary N) is 1. The summed E-state index contributed by atoms with van der Waals surface area (Å²) in [5, 5.41) is 3.71. The molecule has 21 heavy (non-hydrogen) atoms. The fourth-order valence-electron chi connectivity index (χ4n) is 2.81. The van der Waals surface area contributed by atoms with Crippen LogP contribution in [0.1, 0.15) is 51.5 Å². The van der Waals surface area contributed by atoms with Crippen LogP contribution < -0.4 is 10.1 Å². The zero-order valence-electron chi connectivity index (χ0n) is 13.9. The van der Waals surface area contributed by atoms with Crippen molar-refractivity contribution in [2.24, 2.45) is 11.8 Å². The molecule has 1 saturated carbocycles. The first-order chi connectivity index (χ1) is 10.2. The number of hydrogen-bond acceptors (Lipinski definition) is 2. The lowest BCUT2D eigenvalue weighted by molar-refractivity contribution is 0.404. The fourth-order valence-corrected chi connectivity index (χ4v) is 2.81. The standard InChI is InChI=1S/C19H31NO/c1-15(2)5-4-6-17(14-20-18-9-10-18)13-16-7-11-19(21-3)12-8-16/h7-8,11-12,15,17-18,20H,4-6,9-10,13-14H2,1-3H3. The van der Waals surface area contributed by atoms with Gasteiger partial charge in [0.1, 0.15) is 5.75 Å². The van der Waals surface area contributed by atoms with Crippen LogP contribution in [0.25, 0.3) is 0 Å². The molecule has 0 heterocycles. The molecule has 1 fully saturated rings. The fraction of sp³-hybridized carbons (Fsp3) is 0.684. The number of rotatable bonds is 10. The van der Waals surface area contributed by atoms with E-state index in [-0.39, 0.29) is 0 Å². The summed E-state index contributed by atoms with van der Waals surface area (Å²) in [5.74, 6) is 2.53.